The predicted molar refractivity (Wildman–Crippen MR) is 76.2 cm³/mol. The lowest BCUT2D eigenvalue weighted by molar-refractivity contribution is 0.232. The molecule has 1 aromatic carbocycles. The van der Waals surface area contributed by atoms with Crippen LogP contribution in [0.3, 0.4) is 0 Å². The Kier molecular flexibility index (Phi) is 4.11. The maximum Gasteiger partial charge on any atom is 0.138 e. The zero-order valence-corrected chi connectivity index (χ0v) is 11.9. The fourth-order valence-electron chi connectivity index (χ4n) is 1.98. The minimum absolute atomic E-state index is 0.377. The lowest BCUT2D eigenvalue weighted by Gasteiger charge is -2.23. The largest absolute Gasteiger partial charge is 0.491 e. The fraction of sp³-hybridized carbons (Fsp3) is 0.562. The van der Waals surface area contributed by atoms with Gasteiger partial charge in [0, 0.05) is 6.04 Å². The topological polar surface area (TPSA) is 45.0 Å². The molecule has 1 aromatic rings. The number of benzene rings is 1. The van der Waals surface area contributed by atoms with E-state index in [9.17, 15) is 5.26 Å². The van der Waals surface area contributed by atoms with Crippen molar-refractivity contribution in [1.82, 2.24) is 5.32 Å². The number of hydrogen-bond donors (Lipinski definition) is 1. The average Bonchev–Trinajstić information content (AvgIpc) is 3.20. The summed E-state index contributed by atoms with van der Waals surface area (Å²) < 4.78 is 5.80. The number of nitriles is 1. The summed E-state index contributed by atoms with van der Waals surface area (Å²) in [4.78, 5) is 0. The van der Waals surface area contributed by atoms with Gasteiger partial charge < -0.3 is 4.74 Å². The molecule has 0 amide bonds. The highest BCUT2D eigenvalue weighted by Crippen LogP contribution is 2.24. The standard InChI is InChI=1S/C16H22N2O/c1-12(2)13-5-4-6-15(9-13)19-11-16(3,10-17)18-14-7-8-14/h4-6,9,12,14,18H,7-8,11H2,1-3H3. The lowest BCUT2D eigenvalue weighted by atomic mass is 10.0. The van der Waals surface area contributed by atoms with E-state index in [0.717, 1.165) is 5.75 Å². The van der Waals surface area contributed by atoms with E-state index in [1.165, 1.54) is 18.4 Å². The first-order valence-electron chi connectivity index (χ1n) is 6.94. The van der Waals surface area contributed by atoms with Crippen LogP contribution in [-0.2, 0) is 0 Å². The van der Waals surface area contributed by atoms with Crippen molar-refractivity contribution in [3.8, 4) is 11.8 Å². The van der Waals surface area contributed by atoms with Crippen molar-refractivity contribution < 1.29 is 4.74 Å². The van der Waals surface area contributed by atoms with E-state index in [-0.39, 0.29) is 0 Å². The summed E-state index contributed by atoms with van der Waals surface area (Å²) >= 11 is 0. The first kappa shape index (κ1) is 13.9. The first-order valence-corrected chi connectivity index (χ1v) is 6.94. The van der Waals surface area contributed by atoms with Crippen molar-refractivity contribution in [1.29, 1.82) is 5.26 Å². The maximum atomic E-state index is 9.29. The molecular formula is C16H22N2O. The van der Waals surface area contributed by atoms with Gasteiger partial charge in [-0.3, -0.25) is 5.32 Å². The Labute approximate surface area is 115 Å². The monoisotopic (exact) mass is 258 g/mol. The highest BCUT2D eigenvalue weighted by atomic mass is 16.5. The average molecular weight is 258 g/mol. The van der Waals surface area contributed by atoms with Crippen LogP contribution in [0.15, 0.2) is 24.3 Å². The normalized spacial score (nSPS) is 17.8. The Balaban J connectivity index is 1.96. The Morgan fingerprint density at radius 3 is 2.79 bits per heavy atom. The molecule has 0 aliphatic heterocycles. The summed E-state index contributed by atoms with van der Waals surface area (Å²) in [7, 11) is 0. The van der Waals surface area contributed by atoms with Crippen LogP contribution in [0.2, 0.25) is 0 Å². The molecule has 0 spiro atoms. The molecule has 1 unspecified atom stereocenters. The number of rotatable bonds is 6. The van der Waals surface area contributed by atoms with Gasteiger partial charge in [-0.1, -0.05) is 26.0 Å². The van der Waals surface area contributed by atoms with Gasteiger partial charge in [0.25, 0.3) is 0 Å². The molecule has 3 heteroatoms. The van der Waals surface area contributed by atoms with Crippen LogP contribution in [0, 0.1) is 11.3 Å². The third kappa shape index (κ3) is 3.97. The molecule has 0 radical (unpaired) electrons. The van der Waals surface area contributed by atoms with E-state index in [0.29, 0.717) is 18.6 Å². The molecule has 2 rings (SSSR count). The molecule has 102 valence electrons. The molecule has 1 N–H and O–H groups in total. The van der Waals surface area contributed by atoms with Gasteiger partial charge in [0.1, 0.15) is 17.9 Å². The summed E-state index contributed by atoms with van der Waals surface area (Å²) in [5, 5.41) is 12.6. The van der Waals surface area contributed by atoms with Crippen LogP contribution >= 0.6 is 0 Å². The molecule has 1 saturated carbocycles. The van der Waals surface area contributed by atoms with Gasteiger partial charge in [0.15, 0.2) is 0 Å². The molecule has 3 nitrogen and oxygen atoms in total. The smallest absolute Gasteiger partial charge is 0.138 e. The number of ether oxygens (including phenoxy) is 1. The highest BCUT2D eigenvalue weighted by molar-refractivity contribution is 5.30. The SMILES string of the molecule is CC(C)c1cccc(OCC(C)(C#N)NC2CC2)c1. The molecule has 1 atom stereocenters. The summed E-state index contributed by atoms with van der Waals surface area (Å²) in [6.45, 7) is 6.60. The van der Waals surface area contributed by atoms with E-state index < -0.39 is 5.54 Å². The predicted octanol–water partition coefficient (Wildman–Crippen LogP) is 3.22. The Morgan fingerprint density at radius 2 is 2.21 bits per heavy atom. The van der Waals surface area contributed by atoms with Crippen molar-refractivity contribution >= 4 is 0 Å². The zero-order valence-electron chi connectivity index (χ0n) is 11.9. The van der Waals surface area contributed by atoms with E-state index in [4.69, 9.17) is 4.74 Å². The van der Waals surface area contributed by atoms with Crippen molar-refractivity contribution in [3.63, 3.8) is 0 Å². The third-order valence-corrected chi connectivity index (χ3v) is 3.40. The van der Waals surface area contributed by atoms with Crippen LogP contribution in [0.5, 0.6) is 5.75 Å². The molecule has 1 fully saturated rings. The van der Waals surface area contributed by atoms with Gasteiger partial charge in [-0.05, 0) is 43.4 Å². The Bertz CT molecular complexity index is 474. The van der Waals surface area contributed by atoms with Crippen molar-refractivity contribution in [3.05, 3.63) is 29.8 Å². The molecule has 0 saturated heterocycles. The van der Waals surface area contributed by atoms with Crippen molar-refractivity contribution in [2.75, 3.05) is 6.61 Å². The molecule has 1 aliphatic carbocycles. The quantitative estimate of drug-likeness (QED) is 0.852. The minimum atomic E-state index is -0.602. The highest BCUT2D eigenvalue weighted by Gasteiger charge is 2.33. The van der Waals surface area contributed by atoms with Gasteiger partial charge >= 0.3 is 0 Å². The Hall–Kier alpha value is -1.53. The van der Waals surface area contributed by atoms with Crippen LogP contribution in [0.1, 0.15) is 45.1 Å². The van der Waals surface area contributed by atoms with E-state index in [1.807, 2.05) is 19.1 Å². The number of nitrogens with one attached hydrogen (secondary N) is 1. The molecule has 1 aliphatic rings. The maximum absolute atomic E-state index is 9.29. The van der Waals surface area contributed by atoms with Crippen LogP contribution in [0.25, 0.3) is 0 Å². The van der Waals surface area contributed by atoms with Gasteiger partial charge in [0.05, 0.1) is 6.07 Å². The van der Waals surface area contributed by atoms with Crippen LogP contribution < -0.4 is 10.1 Å². The third-order valence-electron chi connectivity index (χ3n) is 3.40. The van der Waals surface area contributed by atoms with Gasteiger partial charge in [-0.25, -0.2) is 0 Å². The van der Waals surface area contributed by atoms with Crippen LogP contribution in [0.4, 0.5) is 0 Å². The van der Waals surface area contributed by atoms with Gasteiger partial charge in [0.2, 0.25) is 0 Å². The molecule has 19 heavy (non-hydrogen) atoms. The molecule has 0 heterocycles. The molecular weight excluding hydrogens is 236 g/mol. The van der Waals surface area contributed by atoms with Crippen molar-refractivity contribution in [2.45, 2.75) is 51.1 Å². The molecule has 0 aromatic heterocycles. The summed E-state index contributed by atoms with van der Waals surface area (Å²) in [5.74, 6) is 1.32. The van der Waals surface area contributed by atoms with Gasteiger partial charge in [-0.15, -0.1) is 0 Å². The first-order chi connectivity index (χ1) is 9.02. The fourth-order valence-corrected chi connectivity index (χ4v) is 1.98. The minimum Gasteiger partial charge on any atom is -0.491 e. The van der Waals surface area contributed by atoms with Crippen LogP contribution in [-0.4, -0.2) is 18.2 Å². The second kappa shape index (κ2) is 5.63. The lowest BCUT2D eigenvalue weighted by Crippen LogP contribution is -2.47. The molecule has 0 bridgehead atoms. The summed E-state index contributed by atoms with van der Waals surface area (Å²) in [5.41, 5.74) is 0.654. The van der Waals surface area contributed by atoms with E-state index >= 15 is 0 Å². The zero-order chi connectivity index (χ0) is 13.9. The number of hydrogen-bond acceptors (Lipinski definition) is 3. The Morgan fingerprint density at radius 1 is 1.47 bits per heavy atom. The summed E-state index contributed by atoms with van der Waals surface area (Å²) in [6.07, 6.45) is 2.33. The summed E-state index contributed by atoms with van der Waals surface area (Å²) in [6, 6.07) is 10.9. The second-order valence-electron chi connectivity index (χ2n) is 5.88. The second-order valence-corrected chi connectivity index (χ2v) is 5.88. The van der Waals surface area contributed by atoms with Crippen molar-refractivity contribution in [2.24, 2.45) is 0 Å². The number of nitrogens with zero attached hydrogens (tertiary/aromatic N) is 1. The van der Waals surface area contributed by atoms with E-state index in [1.54, 1.807) is 0 Å². The van der Waals surface area contributed by atoms with E-state index in [2.05, 4.69) is 37.4 Å². The van der Waals surface area contributed by atoms with Gasteiger partial charge in [-0.2, -0.15) is 5.26 Å².